The van der Waals surface area contributed by atoms with Crippen molar-refractivity contribution in [3.8, 4) is 0 Å². The fourth-order valence-corrected chi connectivity index (χ4v) is 2.71. The van der Waals surface area contributed by atoms with E-state index in [2.05, 4.69) is 4.98 Å². The van der Waals surface area contributed by atoms with Crippen molar-refractivity contribution < 1.29 is 4.42 Å². The van der Waals surface area contributed by atoms with Gasteiger partial charge in [-0.1, -0.05) is 24.4 Å². The maximum atomic E-state index is 6.14. The van der Waals surface area contributed by atoms with Crippen molar-refractivity contribution in [2.24, 2.45) is 5.73 Å². The Kier molecular flexibility index (Phi) is 2.81. The van der Waals surface area contributed by atoms with Crippen LogP contribution in [0.15, 0.2) is 22.6 Å². The summed E-state index contributed by atoms with van der Waals surface area (Å²) >= 11 is 5.94. The van der Waals surface area contributed by atoms with E-state index < -0.39 is 0 Å². The normalized spacial score (nSPS) is 25.3. The van der Waals surface area contributed by atoms with E-state index >= 15 is 0 Å². The number of nitrogens with two attached hydrogens (primary N) is 1. The molecule has 0 aliphatic heterocycles. The van der Waals surface area contributed by atoms with E-state index in [9.17, 15) is 0 Å². The maximum Gasteiger partial charge on any atom is 0.200 e. The van der Waals surface area contributed by atoms with Gasteiger partial charge < -0.3 is 10.2 Å². The fraction of sp³-hybridized carbons (Fsp3) is 0.462. The Balaban J connectivity index is 1.99. The van der Waals surface area contributed by atoms with Crippen LogP contribution in [0.4, 0.5) is 0 Å². The predicted octanol–water partition coefficient (Wildman–Crippen LogP) is 3.47. The highest BCUT2D eigenvalue weighted by molar-refractivity contribution is 6.31. The molecule has 2 unspecified atom stereocenters. The van der Waals surface area contributed by atoms with E-state index in [0.717, 1.165) is 29.8 Å². The number of halogens is 1. The standard InChI is InChI=1S/C13H15ClN2O/c14-8-5-6-12-11(7-8)16-13(17-12)9-3-1-2-4-10(9)15/h5-7,9-10H,1-4,15H2. The SMILES string of the molecule is NC1CCCCC1c1nc2cc(Cl)ccc2o1. The van der Waals surface area contributed by atoms with Crippen LogP contribution in [-0.2, 0) is 0 Å². The highest BCUT2D eigenvalue weighted by Gasteiger charge is 2.27. The molecule has 0 saturated heterocycles. The molecule has 1 fully saturated rings. The van der Waals surface area contributed by atoms with E-state index in [-0.39, 0.29) is 12.0 Å². The highest BCUT2D eigenvalue weighted by atomic mass is 35.5. The van der Waals surface area contributed by atoms with Gasteiger partial charge in [-0.2, -0.15) is 0 Å². The van der Waals surface area contributed by atoms with Gasteiger partial charge in [-0.05, 0) is 31.0 Å². The van der Waals surface area contributed by atoms with E-state index in [1.165, 1.54) is 12.8 Å². The third-order valence-electron chi connectivity index (χ3n) is 3.50. The summed E-state index contributed by atoms with van der Waals surface area (Å²) in [6.07, 6.45) is 4.55. The van der Waals surface area contributed by atoms with Gasteiger partial charge in [0.15, 0.2) is 11.5 Å². The molecule has 90 valence electrons. The van der Waals surface area contributed by atoms with Crippen LogP contribution in [0.1, 0.15) is 37.5 Å². The van der Waals surface area contributed by atoms with Gasteiger partial charge in [0.2, 0.25) is 0 Å². The number of hydrogen-bond acceptors (Lipinski definition) is 3. The molecule has 0 amide bonds. The fourth-order valence-electron chi connectivity index (χ4n) is 2.54. The van der Waals surface area contributed by atoms with E-state index in [0.29, 0.717) is 5.02 Å². The topological polar surface area (TPSA) is 52.0 Å². The smallest absolute Gasteiger partial charge is 0.200 e. The summed E-state index contributed by atoms with van der Waals surface area (Å²) in [5, 5.41) is 0.685. The molecular formula is C13H15ClN2O. The first-order chi connectivity index (χ1) is 8.24. The second-order valence-electron chi connectivity index (χ2n) is 4.72. The second-order valence-corrected chi connectivity index (χ2v) is 5.16. The minimum absolute atomic E-state index is 0.173. The molecule has 1 aliphatic carbocycles. The molecule has 1 aliphatic rings. The molecule has 3 nitrogen and oxygen atoms in total. The van der Waals surface area contributed by atoms with Crippen molar-refractivity contribution in [2.75, 3.05) is 0 Å². The number of oxazole rings is 1. The molecule has 2 N–H and O–H groups in total. The van der Waals surface area contributed by atoms with Crippen molar-refractivity contribution in [3.63, 3.8) is 0 Å². The number of aromatic nitrogens is 1. The first-order valence-electron chi connectivity index (χ1n) is 6.05. The van der Waals surface area contributed by atoms with Crippen LogP contribution in [-0.4, -0.2) is 11.0 Å². The zero-order valence-electron chi connectivity index (χ0n) is 9.53. The monoisotopic (exact) mass is 250 g/mol. The van der Waals surface area contributed by atoms with E-state index in [1.807, 2.05) is 18.2 Å². The van der Waals surface area contributed by atoms with Crippen molar-refractivity contribution in [3.05, 3.63) is 29.1 Å². The summed E-state index contributed by atoms with van der Waals surface area (Å²) in [4.78, 5) is 4.52. The number of nitrogens with zero attached hydrogens (tertiary/aromatic N) is 1. The molecule has 0 spiro atoms. The summed E-state index contributed by atoms with van der Waals surface area (Å²) < 4.78 is 5.78. The van der Waals surface area contributed by atoms with Crippen molar-refractivity contribution in [1.29, 1.82) is 0 Å². The van der Waals surface area contributed by atoms with Crippen molar-refractivity contribution in [2.45, 2.75) is 37.6 Å². The number of benzene rings is 1. The van der Waals surface area contributed by atoms with Crippen LogP contribution >= 0.6 is 11.6 Å². The molecule has 4 heteroatoms. The Morgan fingerprint density at radius 1 is 1.29 bits per heavy atom. The summed E-state index contributed by atoms with van der Waals surface area (Å²) in [5.41, 5.74) is 7.75. The molecule has 2 atom stereocenters. The van der Waals surface area contributed by atoms with Gasteiger partial charge >= 0.3 is 0 Å². The van der Waals surface area contributed by atoms with Gasteiger partial charge in [-0.25, -0.2) is 4.98 Å². The first kappa shape index (κ1) is 11.1. The predicted molar refractivity (Wildman–Crippen MR) is 68.2 cm³/mol. The van der Waals surface area contributed by atoms with Gasteiger partial charge in [-0.3, -0.25) is 0 Å². The molecule has 3 rings (SSSR count). The average Bonchev–Trinajstić information content (AvgIpc) is 2.72. The van der Waals surface area contributed by atoms with E-state index in [1.54, 1.807) is 0 Å². The summed E-state index contributed by atoms with van der Waals surface area (Å²) in [7, 11) is 0. The maximum absolute atomic E-state index is 6.14. The molecule has 2 aromatic rings. The first-order valence-corrected chi connectivity index (χ1v) is 6.43. The Morgan fingerprint density at radius 3 is 2.94 bits per heavy atom. The third kappa shape index (κ3) is 2.05. The van der Waals surface area contributed by atoms with Crippen LogP contribution in [0.25, 0.3) is 11.1 Å². The largest absolute Gasteiger partial charge is 0.440 e. The second kappa shape index (κ2) is 4.31. The van der Waals surface area contributed by atoms with Gasteiger partial charge in [0.05, 0.1) is 5.92 Å². The average molecular weight is 251 g/mol. The molecule has 1 aromatic carbocycles. The molecule has 1 heterocycles. The number of rotatable bonds is 1. The summed E-state index contributed by atoms with van der Waals surface area (Å²) in [5.74, 6) is 1.03. The van der Waals surface area contributed by atoms with Crippen LogP contribution in [0, 0.1) is 0 Å². The van der Waals surface area contributed by atoms with Gasteiger partial charge in [0, 0.05) is 11.1 Å². The zero-order valence-corrected chi connectivity index (χ0v) is 10.3. The number of fused-ring (bicyclic) bond motifs is 1. The minimum atomic E-state index is 0.173. The van der Waals surface area contributed by atoms with Gasteiger partial charge in [-0.15, -0.1) is 0 Å². The Bertz CT molecular complexity index is 537. The molecule has 0 bridgehead atoms. The molecular weight excluding hydrogens is 236 g/mol. The third-order valence-corrected chi connectivity index (χ3v) is 3.74. The zero-order chi connectivity index (χ0) is 11.8. The van der Waals surface area contributed by atoms with E-state index in [4.69, 9.17) is 21.8 Å². The van der Waals surface area contributed by atoms with Crippen LogP contribution < -0.4 is 5.73 Å². The molecule has 1 aromatic heterocycles. The van der Waals surface area contributed by atoms with Gasteiger partial charge in [0.1, 0.15) is 5.52 Å². The van der Waals surface area contributed by atoms with Gasteiger partial charge in [0.25, 0.3) is 0 Å². The molecule has 17 heavy (non-hydrogen) atoms. The lowest BCUT2D eigenvalue weighted by Gasteiger charge is -2.25. The summed E-state index contributed by atoms with van der Waals surface area (Å²) in [6.45, 7) is 0. The van der Waals surface area contributed by atoms with Crippen LogP contribution in [0.2, 0.25) is 5.02 Å². The lowest BCUT2D eigenvalue weighted by molar-refractivity contribution is 0.332. The Hall–Kier alpha value is -1.06. The quantitative estimate of drug-likeness (QED) is 0.843. The number of hydrogen-bond donors (Lipinski definition) is 1. The van der Waals surface area contributed by atoms with Crippen molar-refractivity contribution in [1.82, 2.24) is 4.98 Å². The van der Waals surface area contributed by atoms with Crippen molar-refractivity contribution >= 4 is 22.7 Å². The van der Waals surface area contributed by atoms with Crippen LogP contribution in [0.3, 0.4) is 0 Å². The molecule has 0 radical (unpaired) electrons. The Labute approximate surface area is 105 Å². The lowest BCUT2D eigenvalue weighted by Crippen LogP contribution is -2.31. The summed E-state index contributed by atoms with van der Waals surface area (Å²) in [6, 6.07) is 5.69. The lowest BCUT2D eigenvalue weighted by atomic mass is 9.85. The highest BCUT2D eigenvalue weighted by Crippen LogP contribution is 2.33. The minimum Gasteiger partial charge on any atom is -0.440 e. The Morgan fingerprint density at radius 2 is 2.12 bits per heavy atom. The van der Waals surface area contributed by atoms with Crippen LogP contribution in [0.5, 0.6) is 0 Å². The molecule has 1 saturated carbocycles.